The number of benzene rings is 2. The Morgan fingerprint density at radius 2 is 1.78 bits per heavy atom. The van der Waals surface area contributed by atoms with Crippen LogP contribution in [-0.4, -0.2) is 29.9 Å². The minimum Gasteiger partial charge on any atom is -0.325 e. The fourth-order valence-electron chi connectivity index (χ4n) is 3.30. The molecule has 0 aliphatic carbocycles. The Bertz CT molecular complexity index is 804. The van der Waals surface area contributed by atoms with Crippen molar-refractivity contribution in [2.24, 2.45) is 0 Å². The first-order chi connectivity index (χ1) is 13.2. The van der Waals surface area contributed by atoms with E-state index in [1.807, 2.05) is 13.0 Å². The third-order valence-corrected chi connectivity index (χ3v) is 4.98. The van der Waals surface area contributed by atoms with Gasteiger partial charge in [0.15, 0.2) is 0 Å². The molecule has 0 saturated carbocycles. The second-order valence-electron chi connectivity index (χ2n) is 7.03. The molecule has 0 radical (unpaired) electrons. The van der Waals surface area contributed by atoms with Gasteiger partial charge < -0.3 is 10.6 Å². The number of anilines is 1. The molecular formula is C22H26N4O. The lowest BCUT2D eigenvalue weighted by atomic mass is 10.1. The van der Waals surface area contributed by atoms with Crippen LogP contribution in [0.15, 0.2) is 48.5 Å². The zero-order valence-electron chi connectivity index (χ0n) is 15.7. The van der Waals surface area contributed by atoms with E-state index < -0.39 is 0 Å². The van der Waals surface area contributed by atoms with Crippen molar-refractivity contribution < 1.29 is 4.79 Å². The number of carbonyl (C=O) groups is 1. The Morgan fingerprint density at radius 1 is 1.11 bits per heavy atom. The summed E-state index contributed by atoms with van der Waals surface area (Å²) in [7, 11) is 0. The molecule has 2 aromatic carbocycles. The van der Waals surface area contributed by atoms with Gasteiger partial charge in [0.1, 0.15) is 0 Å². The topological polar surface area (TPSA) is 68.2 Å². The van der Waals surface area contributed by atoms with Crippen LogP contribution in [0.3, 0.4) is 0 Å². The van der Waals surface area contributed by atoms with E-state index in [1.165, 1.54) is 37.1 Å². The summed E-state index contributed by atoms with van der Waals surface area (Å²) in [6.07, 6.45) is 2.57. The van der Waals surface area contributed by atoms with Gasteiger partial charge in [-0.3, -0.25) is 9.69 Å². The van der Waals surface area contributed by atoms with Crippen molar-refractivity contribution >= 4 is 11.6 Å². The van der Waals surface area contributed by atoms with Crippen molar-refractivity contribution in [3.63, 3.8) is 0 Å². The lowest BCUT2D eigenvalue weighted by molar-refractivity contribution is -0.117. The number of carbonyl (C=O) groups excluding carboxylic acids is 1. The van der Waals surface area contributed by atoms with Gasteiger partial charge in [-0.2, -0.15) is 5.26 Å². The highest BCUT2D eigenvalue weighted by molar-refractivity contribution is 5.94. The summed E-state index contributed by atoms with van der Waals surface area (Å²) in [4.78, 5) is 14.9. The lowest BCUT2D eigenvalue weighted by Crippen LogP contribution is -2.37. The number of nitrogens with one attached hydrogen (secondary N) is 2. The zero-order valence-corrected chi connectivity index (χ0v) is 15.7. The van der Waals surface area contributed by atoms with Gasteiger partial charge >= 0.3 is 0 Å². The van der Waals surface area contributed by atoms with Crippen LogP contribution in [0.4, 0.5) is 5.69 Å². The van der Waals surface area contributed by atoms with Crippen LogP contribution >= 0.6 is 0 Å². The fourth-order valence-corrected chi connectivity index (χ4v) is 3.30. The second kappa shape index (κ2) is 9.31. The number of hydrogen-bond donors (Lipinski definition) is 2. The third-order valence-electron chi connectivity index (χ3n) is 4.98. The van der Waals surface area contributed by atoms with E-state index in [4.69, 9.17) is 5.26 Å². The molecule has 2 aromatic rings. The van der Waals surface area contributed by atoms with Crippen molar-refractivity contribution in [2.75, 3.05) is 18.4 Å². The number of hydrogen-bond acceptors (Lipinski definition) is 4. The van der Waals surface area contributed by atoms with Crippen LogP contribution in [-0.2, 0) is 17.9 Å². The molecule has 1 amide bonds. The molecule has 27 heavy (non-hydrogen) atoms. The quantitative estimate of drug-likeness (QED) is 0.793. The van der Waals surface area contributed by atoms with Crippen molar-refractivity contribution in [3.8, 4) is 6.07 Å². The van der Waals surface area contributed by atoms with Gasteiger partial charge in [0.2, 0.25) is 5.91 Å². The highest BCUT2D eigenvalue weighted by Crippen LogP contribution is 2.16. The van der Waals surface area contributed by atoms with Gasteiger partial charge in [-0.25, -0.2) is 0 Å². The molecule has 1 unspecified atom stereocenters. The Labute approximate surface area is 161 Å². The van der Waals surface area contributed by atoms with E-state index in [1.54, 1.807) is 24.3 Å². The number of nitriles is 1. The lowest BCUT2D eigenvalue weighted by Gasteiger charge is -2.19. The maximum Gasteiger partial charge on any atom is 0.241 e. The molecular weight excluding hydrogens is 336 g/mol. The molecule has 1 fully saturated rings. The normalized spacial score (nSPS) is 15.3. The van der Waals surface area contributed by atoms with E-state index in [-0.39, 0.29) is 11.9 Å². The standard InChI is InChI=1S/C22H26N4O/c1-17(22(27)25-21-10-8-18(14-23)9-11-21)24-15-19-6-2-3-7-20(19)16-26-12-4-5-13-26/h2-3,6-11,17,24H,4-5,12-13,15-16H2,1H3,(H,25,27). The molecule has 1 atom stereocenters. The fraction of sp³-hybridized carbons (Fsp3) is 0.364. The average molecular weight is 362 g/mol. The van der Waals surface area contributed by atoms with Crippen LogP contribution < -0.4 is 10.6 Å². The van der Waals surface area contributed by atoms with E-state index in [0.29, 0.717) is 17.8 Å². The van der Waals surface area contributed by atoms with E-state index in [9.17, 15) is 4.79 Å². The molecule has 5 nitrogen and oxygen atoms in total. The molecule has 0 spiro atoms. The van der Waals surface area contributed by atoms with Crippen molar-refractivity contribution in [1.29, 1.82) is 5.26 Å². The van der Waals surface area contributed by atoms with Crippen molar-refractivity contribution in [3.05, 3.63) is 65.2 Å². The molecule has 2 N–H and O–H groups in total. The van der Waals surface area contributed by atoms with Gasteiger partial charge in [0.05, 0.1) is 17.7 Å². The van der Waals surface area contributed by atoms with E-state index >= 15 is 0 Å². The van der Waals surface area contributed by atoms with Crippen LogP contribution in [0.25, 0.3) is 0 Å². The van der Waals surface area contributed by atoms with Gasteiger partial charge in [-0.05, 0) is 68.2 Å². The van der Waals surface area contributed by atoms with E-state index in [2.05, 4.69) is 39.8 Å². The predicted molar refractivity (Wildman–Crippen MR) is 107 cm³/mol. The molecule has 1 saturated heterocycles. The van der Waals surface area contributed by atoms with Crippen LogP contribution in [0.5, 0.6) is 0 Å². The Kier molecular flexibility index (Phi) is 6.59. The van der Waals surface area contributed by atoms with Gasteiger partial charge in [-0.15, -0.1) is 0 Å². The predicted octanol–water partition coefficient (Wildman–Crippen LogP) is 3.27. The second-order valence-corrected chi connectivity index (χ2v) is 7.03. The summed E-state index contributed by atoms with van der Waals surface area (Å²) < 4.78 is 0. The Balaban J connectivity index is 1.54. The minimum atomic E-state index is -0.319. The summed E-state index contributed by atoms with van der Waals surface area (Å²) in [5.74, 6) is -0.0864. The molecule has 0 aromatic heterocycles. The summed E-state index contributed by atoms with van der Waals surface area (Å²) >= 11 is 0. The third kappa shape index (κ3) is 5.40. The molecule has 1 aliphatic heterocycles. The molecule has 3 rings (SSSR count). The zero-order chi connectivity index (χ0) is 19.1. The first-order valence-corrected chi connectivity index (χ1v) is 9.49. The van der Waals surface area contributed by atoms with Crippen molar-refractivity contribution in [1.82, 2.24) is 10.2 Å². The Hall–Kier alpha value is -2.68. The molecule has 0 bridgehead atoms. The number of likely N-dealkylation sites (tertiary alicyclic amines) is 1. The van der Waals surface area contributed by atoms with Gasteiger partial charge in [0.25, 0.3) is 0 Å². The minimum absolute atomic E-state index is 0.0864. The number of nitrogens with zero attached hydrogens (tertiary/aromatic N) is 2. The van der Waals surface area contributed by atoms with Crippen LogP contribution in [0.2, 0.25) is 0 Å². The highest BCUT2D eigenvalue weighted by Gasteiger charge is 2.16. The summed E-state index contributed by atoms with van der Waals surface area (Å²) in [6.45, 7) is 5.84. The Morgan fingerprint density at radius 3 is 2.44 bits per heavy atom. The first-order valence-electron chi connectivity index (χ1n) is 9.49. The molecule has 1 heterocycles. The number of rotatable bonds is 7. The largest absolute Gasteiger partial charge is 0.325 e. The van der Waals surface area contributed by atoms with E-state index in [0.717, 1.165) is 6.54 Å². The molecule has 140 valence electrons. The van der Waals surface area contributed by atoms with Crippen molar-refractivity contribution in [2.45, 2.75) is 38.9 Å². The summed E-state index contributed by atoms with van der Waals surface area (Å²) in [5, 5.41) is 15.0. The monoisotopic (exact) mass is 362 g/mol. The highest BCUT2D eigenvalue weighted by atomic mass is 16.2. The van der Waals surface area contributed by atoms with Gasteiger partial charge in [0, 0.05) is 18.8 Å². The summed E-state index contributed by atoms with van der Waals surface area (Å²) in [5.41, 5.74) is 3.84. The van der Waals surface area contributed by atoms with Crippen LogP contribution in [0.1, 0.15) is 36.5 Å². The first kappa shape index (κ1) is 19.1. The van der Waals surface area contributed by atoms with Gasteiger partial charge in [-0.1, -0.05) is 24.3 Å². The maximum atomic E-state index is 12.4. The van der Waals surface area contributed by atoms with Crippen LogP contribution in [0, 0.1) is 11.3 Å². The average Bonchev–Trinajstić information content (AvgIpc) is 3.20. The maximum absolute atomic E-state index is 12.4. The summed E-state index contributed by atoms with van der Waals surface area (Å²) in [6, 6.07) is 17.1. The molecule has 5 heteroatoms. The SMILES string of the molecule is CC(NCc1ccccc1CN1CCCC1)C(=O)Nc1ccc(C#N)cc1. The smallest absolute Gasteiger partial charge is 0.241 e. The number of amides is 1. The molecule has 1 aliphatic rings.